The van der Waals surface area contributed by atoms with Crippen LogP contribution in [0.15, 0.2) is 84.9 Å². The highest BCUT2D eigenvalue weighted by Crippen LogP contribution is 2.26. The number of fused-ring (bicyclic) bond motifs is 3. The highest BCUT2D eigenvalue weighted by Gasteiger charge is 2.42. The third-order valence-electron chi connectivity index (χ3n) is 4.85. The van der Waals surface area contributed by atoms with E-state index in [2.05, 4.69) is 66.7 Å². The zero-order chi connectivity index (χ0) is 17.3. The topological polar surface area (TPSA) is 18.5 Å². The molecular formula is C22H20O2Si. The molecule has 0 aromatic heterocycles. The molecule has 124 valence electrons. The third kappa shape index (κ3) is 2.48. The van der Waals surface area contributed by atoms with Gasteiger partial charge in [0.25, 0.3) is 0 Å². The van der Waals surface area contributed by atoms with Gasteiger partial charge in [-0.1, -0.05) is 78.9 Å². The highest BCUT2D eigenvalue weighted by atomic mass is 28.4. The zero-order valence-corrected chi connectivity index (χ0v) is 15.4. The summed E-state index contributed by atoms with van der Waals surface area (Å²) >= 11 is 0. The molecule has 4 rings (SSSR count). The second kappa shape index (κ2) is 6.45. The van der Waals surface area contributed by atoms with Gasteiger partial charge in [-0.2, -0.15) is 0 Å². The van der Waals surface area contributed by atoms with Crippen LogP contribution in [0.3, 0.4) is 0 Å². The molecule has 0 radical (unpaired) electrons. The largest absolute Gasteiger partial charge is 0.407 e. The van der Waals surface area contributed by atoms with Gasteiger partial charge in [0.2, 0.25) is 0 Å². The van der Waals surface area contributed by atoms with Gasteiger partial charge in [0.1, 0.15) is 0 Å². The van der Waals surface area contributed by atoms with Crippen molar-refractivity contribution in [3.63, 3.8) is 0 Å². The Bertz CT molecular complexity index is 1020. The van der Waals surface area contributed by atoms with E-state index in [1.807, 2.05) is 18.2 Å². The number of benzene rings is 4. The monoisotopic (exact) mass is 344 g/mol. The van der Waals surface area contributed by atoms with Crippen LogP contribution in [-0.2, 0) is 8.85 Å². The molecule has 4 aromatic carbocycles. The van der Waals surface area contributed by atoms with Crippen LogP contribution in [0, 0.1) is 0 Å². The lowest BCUT2D eigenvalue weighted by atomic mass is 10.0. The fourth-order valence-corrected chi connectivity index (χ4v) is 6.62. The summed E-state index contributed by atoms with van der Waals surface area (Å²) in [6, 6.07) is 29.5. The smallest absolute Gasteiger partial charge is 0.391 e. The van der Waals surface area contributed by atoms with E-state index in [9.17, 15) is 0 Å². The van der Waals surface area contributed by atoms with Crippen LogP contribution in [0.2, 0.25) is 0 Å². The van der Waals surface area contributed by atoms with Crippen LogP contribution in [0.5, 0.6) is 0 Å². The standard InChI is InChI=1S/C22H20O2Si/c1-23-25(24-2,18-11-4-3-5-12-18)22-16-17-10-6-7-13-19(17)20-14-8-9-15-21(20)22/h3-16H,1-2H3. The molecule has 0 saturated carbocycles. The second-order valence-corrected chi connectivity index (χ2v) is 9.25. The molecular weight excluding hydrogens is 324 g/mol. The van der Waals surface area contributed by atoms with Crippen LogP contribution in [-0.4, -0.2) is 22.8 Å². The maximum absolute atomic E-state index is 6.13. The Kier molecular flexibility index (Phi) is 4.13. The Morgan fingerprint density at radius 1 is 0.600 bits per heavy atom. The van der Waals surface area contributed by atoms with E-state index in [4.69, 9.17) is 8.85 Å². The number of hydrogen-bond acceptors (Lipinski definition) is 2. The SMILES string of the molecule is CO[Si](OC)(c1ccccc1)c1cc2ccccc2c2ccccc12. The zero-order valence-electron chi connectivity index (χ0n) is 14.4. The molecule has 25 heavy (non-hydrogen) atoms. The predicted octanol–water partition coefficient (Wildman–Crippen LogP) is 3.84. The lowest BCUT2D eigenvalue weighted by Gasteiger charge is -2.29. The molecule has 4 aromatic rings. The minimum absolute atomic E-state index is 1.11. The lowest BCUT2D eigenvalue weighted by molar-refractivity contribution is 0.273. The molecule has 0 amide bonds. The maximum Gasteiger partial charge on any atom is 0.407 e. The summed E-state index contributed by atoms with van der Waals surface area (Å²) in [5.74, 6) is 0. The van der Waals surface area contributed by atoms with E-state index in [1.165, 1.54) is 21.5 Å². The molecule has 0 spiro atoms. The van der Waals surface area contributed by atoms with E-state index in [-0.39, 0.29) is 0 Å². The van der Waals surface area contributed by atoms with Gasteiger partial charge in [0, 0.05) is 19.4 Å². The van der Waals surface area contributed by atoms with Crippen LogP contribution in [0.1, 0.15) is 0 Å². The van der Waals surface area contributed by atoms with E-state index < -0.39 is 8.56 Å². The van der Waals surface area contributed by atoms with Crippen molar-refractivity contribution in [3.05, 3.63) is 84.9 Å². The number of hydrogen-bond donors (Lipinski definition) is 0. The van der Waals surface area contributed by atoms with Gasteiger partial charge >= 0.3 is 8.56 Å². The van der Waals surface area contributed by atoms with Gasteiger partial charge in [-0.3, -0.25) is 0 Å². The first kappa shape index (κ1) is 16.0. The van der Waals surface area contributed by atoms with Gasteiger partial charge in [-0.25, -0.2) is 0 Å². The summed E-state index contributed by atoms with van der Waals surface area (Å²) in [6.45, 7) is 0. The molecule has 3 heteroatoms. The van der Waals surface area contributed by atoms with Crippen molar-refractivity contribution >= 4 is 40.5 Å². The van der Waals surface area contributed by atoms with E-state index in [0.29, 0.717) is 0 Å². The Morgan fingerprint density at radius 3 is 1.84 bits per heavy atom. The molecule has 0 bridgehead atoms. The summed E-state index contributed by atoms with van der Waals surface area (Å²) in [6.07, 6.45) is 0. The van der Waals surface area contributed by atoms with E-state index in [1.54, 1.807) is 14.2 Å². The minimum Gasteiger partial charge on any atom is -0.391 e. The average Bonchev–Trinajstić information content (AvgIpc) is 2.70. The van der Waals surface area contributed by atoms with Crippen molar-refractivity contribution < 1.29 is 8.85 Å². The van der Waals surface area contributed by atoms with Gasteiger partial charge in [-0.05, 0) is 32.8 Å². The minimum atomic E-state index is -2.78. The molecule has 0 N–H and O–H groups in total. The number of rotatable bonds is 4. The quantitative estimate of drug-likeness (QED) is 0.414. The Balaban J connectivity index is 2.13. The molecule has 0 heterocycles. The summed E-state index contributed by atoms with van der Waals surface area (Å²) in [5, 5.41) is 7.15. The summed E-state index contributed by atoms with van der Waals surface area (Å²) in [5.41, 5.74) is 0. The molecule has 0 aliphatic heterocycles. The van der Waals surface area contributed by atoms with Crippen LogP contribution >= 0.6 is 0 Å². The summed E-state index contributed by atoms with van der Waals surface area (Å²) < 4.78 is 12.3. The van der Waals surface area contributed by atoms with Crippen molar-refractivity contribution in [1.82, 2.24) is 0 Å². The first-order chi connectivity index (χ1) is 12.3. The predicted molar refractivity (Wildman–Crippen MR) is 107 cm³/mol. The molecule has 0 atom stereocenters. The van der Waals surface area contributed by atoms with Gasteiger partial charge in [0.15, 0.2) is 0 Å². The van der Waals surface area contributed by atoms with E-state index in [0.717, 1.165) is 10.4 Å². The molecule has 0 unspecified atom stereocenters. The first-order valence-corrected chi connectivity index (χ1v) is 10.2. The highest BCUT2D eigenvalue weighted by molar-refractivity contribution is 6.94. The van der Waals surface area contributed by atoms with Gasteiger partial charge in [-0.15, -0.1) is 0 Å². The molecule has 2 nitrogen and oxygen atoms in total. The fraction of sp³-hybridized carbons (Fsp3) is 0.0909. The van der Waals surface area contributed by atoms with Crippen LogP contribution < -0.4 is 10.4 Å². The Labute approximate surface area is 148 Å². The van der Waals surface area contributed by atoms with Gasteiger partial charge < -0.3 is 8.85 Å². The summed E-state index contributed by atoms with van der Waals surface area (Å²) in [7, 11) is 0.736. The summed E-state index contributed by atoms with van der Waals surface area (Å²) in [4.78, 5) is 0. The molecule has 0 saturated heterocycles. The third-order valence-corrected chi connectivity index (χ3v) is 8.22. The van der Waals surface area contributed by atoms with Crippen LogP contribution in [0.4, 0.5) is 0 Å². The second-order valence-electron chi connectivity index (χ2n) is 6.08. The van der Waals surface area contributed by atoms with Crippen molar-refractivity contribution in [2.24, 2.45) is 0 Å². The first-order valence-electron chi connectivity index (χ1n) is 8.37. The average molecular weight is 344 g/mol. The van der Waals surface area contributed by atoms with Crippen molar-refractivity contribution in [3.8, 4) is 0 Å². The molecule has 0 aliphatic rings. The van der Waals surface area contributed by atoms with Crippen molar-refractivity contribution in [2.45, 2.75) is 0 Å². The van der Waals surface area contributed by atoms with Gasteiger partial charge in [0.05, 0.1) is 0 Å². The fourth-order valence-electron chi connectivity index (χ4n) is 3.68. The normalized spacial score (nSPS) is 11.9. The van der Waals surface area contributed by atoms with Crippen molar-refractivity contribution in [1.29, 1.82) is 0 Å². The van der Waals surface area contributed by atoms with Crippen LogP contribution in [0.25, 0.3) is 21.5 Å². The Morgan fingerprint density at radius 2 is 1.16 bits per heavy atom. The maximum atomic E-state index is 6.13. The lowest BCUT2D eigenvalue weighted by Crippen LogP contribution is -2.62. The van der Waals surface area contributed by atoms with E-state index >= 15 is 0 Å². The molecule has 0 aliphatic carbocycles. The van der Waals surface area contributed by atoms with Crippen molar-refractivity contribution in [2.75, 3.05) is 14.2 Å². The Hall–Kier alpha value is -2.46. The molecule has 0 fully saturated rings.